The van der Waals surface area contributed by atoms with Crippen molar-refractivity contribution in [3.63, 3.8) is 0 Å². The van der Waals surface area contributed by atoms with Crippen molar-refractivity contribution in [3.05, 3.63) is 147 Å². The molecule has 0 bridgehead atoms. The molecule has 3 fully saturated rings. The van der Waals surface area contributed by atoms with Crippen molar-refractivity contribution in [2.24, 2.45) is 33.9 Å². The predicted molar refractivity (Wildman–Crippen MR) is 234 cm³/mol. The maximum atomic E-state index is 15.4. The van der Waals surface area contributed by atoms with Gasteiger partial charge >= 0.3 is 6.18 Å². The minimum Gasteiger partial charge on any atom is -0.507 e. The first-order valence-corrected chi connectivity index (χ1v) is 21.1. The molecule has 12 nitrogen and oxygen atoms in total. The van der Waals surface area contributed by atoms with Crippen LogP contribution in [-0.2, 0) is 30.8 Å². The van der Waals surface area contributed by atoms with Crippen LogP contribution in [0.2, 0.25) is 10.0 Å². The average Bonchev–Trinajstić information content (AvgIpc) is 3.65. The summed E-state index contributed by atoms with van der Waals surface area (Å²) in [5.41, 5.74) is 3.85. The van der Waals surface area contributed by atoms with Crippen molar-refractivity contribution in [2.45, 2.75) is 37.3 Å². The Bertz CT molecular complexity index is 2800. The molecule has 326 valence electrons. The van der Waals surface area contributed by atoms with Gasteiger partial charge in [0.2, 0.25) is 11.8 Å². The third kappa shape index (κ3) is 6.88. The summed E-state index contributed by atoms with van der Waals surface area (Å²) in [5.74, 6) is -7.87. The Morgan fingerprint density at radius 3 is 2.14 bits per heavy atom. The number of imide groups is 2. The predicted octanol–water partition coefficient (Wildman–Crippen LogP) is 10.1. The van der Waals surface area contributed by atoms with Crippen molar-refractivity contribution >= 4 is 75.4 Å². The van der Waals surface area contributed by atoms with E-state index in [1.54, 1.807) is 73.7 Å². The molecule has 0 unspecified atom stereocenters. The molecule has 2 aliphatic carbocycles. The smallest absolute Gasteiger partial charge is 0.417 e. The molecule has 9 rings (SSSR count). The number of nitrogens with one attached hydrogen (secondary N) is 1. The number of hydrazine groups is 1. The molecular weight excluding hydrogens is 870 g/mol. The van der Waals surface area contributed by atoms with Crippen molar-refractivity contribution in [1.29, 1.82) is 0 Å². The second kappa shape index (κ2) is 15.9. The molecular formula is C47H38Cl2F3N7O5. The first-order chi connectivity index (χ1) is 30.5. The van der Waals surface area contributed by atoms with Crippen molar-refractivity contribution in [1.82, 2.24) is 9.99 Å². The van der Waals surface area contributed by atoms with Crippen molar-refractivity contribution in [2.75, 3.05) is 29.3 Å². The monoisotopic (exact) mass is 907 g/mol. The highest BCUT2D eigenvalue weighted by molar-refractivity contribution is 6.33. The fraction of sp³-hybridized carbons (Fsp3) is 0.255. The van der Waals surface area contributed by atoms with E-state index in [0.717, 1.165) is 10.6 Å². The summed E-state index contributed by atoms with van der Waals surface area (Å²) in [6, 6.07) is 26.1. The number of benzene rings is 4. The summed E-state index contributed by atoms with van der Waals surface area (Å²) in [6.45, 7) is 1.69. The second-order valence-corrected chi connectivity index (χ2v) is 17.4. The number of azo groups is 1. The van der Waals surface area contributed by atoms with Crippen LogP contribution in [0.5, 0.6) is 5.75 Å². The molecule has 1 aromatic heterocycles. The first-order valence-electron chi connectivity index (χ1n) is 20.3. The number of hydrogen-bond acceptors (Lipinski definition) is 10. The normalized spacial score (nSPS) is 24.2. The van der Waals surface area contributed by atoms with Crippen molar-refractivity contribution in [3.8, 4) is 5.75 Å². The molecule has 4 amide bonds. The SMILES string of the molecule is Cc1cccc([C@H]2C3=CC[C@@H]4C(=O)N(c5ccc(N=Nc6ccc(N(C)C)cc6)cc5)C(=O)[C@@H]4[C@@H]3C[C@H]3C(=O)N(Nc4ncc(C(F)(F)F)cc4Cl)C(=O)[C@@]23c2ccc(Cl)cc2)c1O. The summed E-state index contributed by atoms with van der Waals surface area (Å²) >= 11 is 12.7. The number of aryl methyl sites for hydroxylation is 1. The number of allylic oxidation sites excluding steroid dienone is 2. The Morgan fingerprint density at radius 1 is 0.859 bits per heavy atom. The van der Waals surface area contributed by atoms with E-state index in [1.165, 1.54) is 0 Å². The molecule has 0 spiro atoms. The molecule has 2 aliphatic heterocycles. The van der Waals surface area contributed by atoms with Crippen LogP contribution in [0, 0.1) is 30.6 Å². The molecule has 2 N–H and O–H groups in total. The van der Waals surface area contributed by atoms with E-state index in [-0.39, 0.29) is 24.4 Å². The lowest BCUT2D eigenvalue weighted by Gasteiger charge is -2.50. The van der Waals surface area contributed by atoms with E-state index in [4.69, 9.17) is 23.2 Å². The molecule has 64 heavy (non-hydrogen) atoms. The molecule has 3 heterocycles. The number of anilines is 3. The van der Waals surface area contributed by atoms with Gasteiger partial charge in [0.05, 0.1) is 50.8 Å². The number of hydrogen-bond donors (Lipinski definition) is 2. The third-order valence-electron chi connectivity index (χ3n) is 12.9. The Morgan fingerprint density at radius 2 is 1.52 bits per heavy atom. The van der Waals surface area contributed by atoms with E-state index in [2.05, 4.69) is 20.6 Å². The molecule has 1 saturated carbocycles. The number of phenolic OH excluding ortho intramolecular Hbond substituents is 1. The van der Waals surface area contributed by atoms with Gasteiger partial charge in [0.15, 0.2) is 5.82 Å². The van der Waals surface area contributed by atoms with Crippen LogP contribution >= 0.6 is 23.2 Å². The van der Waals surface area contributed by atoms with Gasteiger partial charge in [-0.1, -0.05) is 65.2 Å². The third-order valence-corrected chi connectivity index (χ3v) is 13.4. The summed E-state index contributed by atoms with van der Waals surface area (Å²) in [6.07, 6.45) is -2.35. The van der Waals surface area contributed by atoms with Crippen LogP contribution in [0.1, 0.15) is 41.0 Å². The number of alkyl halides is 3. The van der Waals surface area contributed by atoms with E-state index in [9.17, 15) is 32.7 Å². The van der Waals surface area contributed by atoms with Crippen LogP contribution < -0.4 is 15.2 Å². The fourth-order valence-corrected chi connectivity index (χ4v) is 10.2. The minimum absolute atomic E-state index is 0.0860. The standard InChI is InChI=1S/C47H38Cl2F3N7O5/c1-24-5-4-6-34(40(24)60)39-32-19-20-33-38(44(63)58(42(33)61)31-17-13-29(14-18-31)55-54-28-11-15-30(16-12-28)57(2)3)35(32)22-36-43(62)59(45(64)46(36,39)25-7-9-27(48)10-8-25)56-41-37(49)21-26(23-53-41)47(50,51)52/h4-19,21,23,33,35-36,38-39,60H,20,22H2,1-3H3,(H,53,56)/t33-,35+,36-,38-,39+,46+/m0/s1. The lowest BCUT2D eigenvalue weighted by atomic mass is 9.49. The van der Waals surface area contributed by atoms with Gasteiger partial charge in [-0.2, -0.15) is 28.4 Å². The average molecular weight is 909 g/mol. The van der Waals surface area contributed by atoms with Crippen LogP contribution in [0.4, 0.5) is 41.7 Å². The zero-order chi connectivity index (χ0) is 45.4. The number of para-hydroxylation sites is 1. The molecule has 17 heteroatoms. The van der Waals surface area contributed by atoms with Gasteiger partial charge in [0, 0.05) is 42.5 Å². The number of halogens is 5. The Hall–Kier alpha value is -6.58. The van der Waals surface area contributed by atoms with Gasteiger partial charge in [-0.25, -0.2) is 4.98 Å². The van der Waals surface area contributed by atoms with E-state index in [0.29, 0.717) is 61.6 Å². The molecule has 6 atom stereocenters. The highest BCUT2D eigenvalue weighted by atomic mass is 35.5. The van der Waals surface area contributed by atoms with E-state index in [1.807, 2.05) is 49.3 Å². The minimum atomic E-state index is -4.77. The second-order valence-electron chi connectivity index (χ2n) is 16.6. The molecule has 2 saturated heterocycles. The lowest BCUT2D eigenvalue weighted by molar-refractivity contribution is -0.139. The number of carbonyl (C=O) groups excluding carboxylic acids is 4. The molecule has 4 aromatic carbocycles. The summed E-state index contributed by atoms with van der Waals surface area (Å²) in [7, 11) is 3.87. The molecule has 4 aliphatic rings. The fourth-order valence-electron chi connectivity index (χ4n) is 9.90. The van der Waals surface area contributed by atoms with Crippen LogP contribution in [0.25, 0.3) is 0 Å². The van der Waals surface area contributed by atoms with Crippen LogP contribution in [-0.4, -0.2) is 52.8 Å². The number of amides is 4. The van der Waals surface area contributed by atoms with E-state index >= 15 is 4.79 Å². The number of rotatable bonds is 8. The molecule has 5 aromatic rings. The number of fused-ring (bicyclic) bond motifs is 4. The molecule has 0 radical (unpaired) electrons. The number of nitrogens with zero attached hydrogens (tertiary/aromatic N) is 6. The number of carbonyl (C=O) groups is 4. The number of aromatic nitrogens is 1. The highest BCUT2D eigenvalue weighted by Crippen LogP contribution is 2.65. The van der Waals surface area contributed by atoms with Crippen molar-refractivity contribution < 1.29 is 37.5 Å². The van der Waals surface area contributed by atoms with Gasteiger partial charge in [-0.05, 0) is 104 Å². The van der Waals surface area contributed by atoms with Gasteiger partial charge < -0.3 is 10.0 Å². The Balaban J connectivity index is 1.11. The number of pyridine rings is 1. The zero-order valence-corrected chi connectivity index (χ0v) is 35.9. The number of aromatic hydroxyl groups is 1. The Kier molecular flexibility index (Phi) is 10.6. The summed E-state index contributed by atoms with van der Waals surface area (Å²) < 4.78 is 40.7. The number of phenols is 1. The summed E-state index contributed by atoms with van der Waals surface area (Å²) in [4.78, 5) is 66.5. The van der Waals surface area contributed by atoms with E-state index < -0.39 is 75.4 Å². The maximum Gasteiger partial charge on any atom is 0.417 e. The highest BCUT2D eigenvalue weighted by Gasteiger charge is 2.70. The van der Waals surface area contributed by atoms with Crippen LogP contribution in [0.3, 0.4) is 0 Å². The van der Waals surface area contributed by atoms with Gasteiger partial charge in [-0.3, -0.25) is 29.5 Å². The van der Waals surface area contributed by atoms with Gasteiger partial charge in [0.1, 0.15) is 5.75 Å². The lowest BCUT2D eigenvalue weighted by Crippen LogP contribution is -2.53. The van der Waals surface area contributed by atoms with Gasteiger partial charge in [-0.15, -0.1) is 0 Å². The Labute approximate surface area is 375 Å². The quantitative estimate of drug-likeness (QED) is 0.0889. The first kappa shape index (κ1) is 42.7. The summed E-state index contributed by atoms with van der Waals surface area (Å²) in [5, 5.41) is 21.0. The van der Waals surface area contributed by atoms with Gasteiger partial charge in [0.25, 0.3) is 11.8 Å². The maximum absolute atomic E-state index is 15.4. The zero-order valence-electron chi connectivity index (χ0n) is 34.3. The largest absolute Gasteiger partial charge is 0.507 e. The topological polar surface area (TPSA) is 148 Å². The van der Waals surface area contributed by atoms with Crippen LogP contribution in [0.15, 0.2) is 125 Å².